The number of allylic oxidation sites excluding steroid dienone is 1. The lowest BCUT2D eigenvalue weighted by Crippen LogP contribution is -2.40. The summed E-state index contributed by atoms with van der Waals surface area (Å²) in [5.41, 5.74) is 1.86. The standard InChI is InChI=1S/C28H27BrN2O6S/c1-15(2)14-36-27(34)24-16(3)30-28-31(26(33)23(38-28)12-18-7-6-8-20(29)11-18)25(24)19-9-10-21(37-17(4)32)22(13-19)35-5/h6-13,15,25H,14H2,1-5H3/b23-12+/t25-/m1/s1. The number of rotatable bonds is 7. The molecule has 3 aromatic rings. The van der Waals surface area contributed by atoms with Crippen LogP contribution in [0.5, 0.6) is 11.5 Å². The molecule has 10 heteroatoms. The Hall–Kier alpha value is -3.50. The highest BCUT2D eigenvalue weighted by Gasteiger charge is 2.34. The Morgan fingerprint density at radius 3 is 2.61 bits per heavy atom. The lowest BCUT2D eigenvalue weighted by Gasteiger charge is -2.25. The Bertz CT molecular complexity index is 1620. The summed E-state index contributed by atoms with van der Waals surface area (Å²) in [6, 6.07) is 11.7. The molecule has 0 amide bonds. The fourth-order valence-electron chi connectivity index (χ4n) is 4.06. The maximum absolute atomic E-state index is 13.8. The van der Waals surface area contributed by atoms with Crippen molar-refractivity contribution in [2.75, 3.05) is 13.7 Å². The number of thiazole rings is 1. The summed E-state index contributed by atoms with van der Waals surface area (Å²) >= 11 is 4.71. The van der Waals surface area contributed by atoms with E-state index in [1.807, 2.05) is 38.1 Å². The van der Waals surface area contributed by atoms with Crippen molar-refractivity contribution in [1.29, 1.82) is 0 Å². The van der Waals surface area contributed by atoms with Gasteiger partial charge in [-0.05, 0) is 54.3 Å². The molecule has 8 nitrogen and oxygen atoms in total. The third-order valence-corrected chi connectivity index (χ3v) is 7.17. The topological polar surface area (TPSA) is 96.2 Å². The number of nitrogens with zero attached hydrogens (tertiary/aromatic N) is 2. The molecule has 0 aliphatic carbocycles. The van der Waals surface area contributed by atoms with E-state index in [2.05, 4.69) is 20.9 Å². The summed E-state index contributed by atoms with van der Waals surface area (Å²) in [5, 5.41) is 0. The van der Waals surface area contributed by atoms with Crippen molar-refractivity contribution < 1.29 is 23.8 Å². The number of carbonyl (C=O) groups is 2. The second kappa shape index (κ2) is 11.5. The number of fused-ring (bicyclic) bond motifs is 1. The van der Waals surface area contributed by atoms with E-state index >= 15 is 0 Å². The highest BCUT2D eigenvalue weighted by molar-refractivity contribution is 9.10. The number of ether oxygens (including phenoxy) is 3. The van der Waals surface area contributed by atoms with Crippen molar-refractivity contribution in [3.8, 4) is 11.5 Å². The SMILES string of the molecule is COc1cc([C@@H]2C(C(=O)OCC(C)C)=C(C)N=c3s/c(=C/c4cccc(Br)c4)c(=O)n32)ccc1OC(C)=O. The van der Waals surface area contributed by atoms with E-state index in [1.165, 1.54) is 29.9 Å². The van der Waals surface area contributed by atoms with Crippen molar-refractivity contribution >= 4 is 45.3 Å². The van der Waals surface area contributed by atoms with Crippen LogP contribution in [-0.4, -0.2) is 30.2 Å². The Kier molecular flexibility index (Phi) is 8.32. The first-order valence-electron chi connectivity index (χ1n) is 11.9. The molecule has 38 heavy (non-hydrogen) atoms. The van der Waals surface area contributed by atoms with Gasteiger partial charge >= 0.3 is 11.9 Å². The van der Waals surface area contributed by atoms with E-state index < -0.39 is 18.0 Å². The minimum atomic E-state index is -0.823. The van der Waals surface area contributed by atoms with Gasteiger partial charge in [0.2, 0.25) is 0 Å². The minimum absolute atomic E-state index is 0.132. The van der Waals surface area contributed by atoms with Crippen molar-refractivity contribution in [3.63, 3.8) is 0 Å². The Balaban J connectivity index is 1.93. The summed E-state index contributed by atoms with van der Waals surface area (Å²) in [4.78, 5) is 43.8. The quantitative estimate of drug-likeness (QED) is 0.300. The number of carbonyl (C=O) groups excluding carboxylic acids is 2. The summed E-state index contributed by atoms with van der Waals surface area (Å²) in [7, 11) is 1.45. The molecule has 0 radical (unpaired) electrons. The number of hydrogen-bond acceptors (Lipinski definition) is 8. The molecular weight excluding hydrogens is 572 g/mol. The fraction of sp³-hybridized carbons (Fsp3) is 0.286. The largest absolute Gasteiger partial charge is 0.493 e. The second-order valence-electron chi connectivity index (χ2n) is 9.13. The number of halogens is 1. The van der Waals surface area contributed by atoms with Crippen molar-refractivity contribution in [1.82, 2.24) is 4.57 Å². The van der Waals surface area contributed by atoms with Crippen LogP contribution in [-0.2, 0) is 14.3 Å². The first-order valence-corrected chi connectivity index (χ1v) is 13.5. The van der Waals surface area contributed by atoms with Crippen molar-refractivity contribution in [2.45, 2.75) is 33.7 Å². The minimum Gasteiger partial charge on any atom is -0.493 e. The molecule has 0 N–H and O–H groups in total. The van der Waals surface area contributed by atoms with Crippen molar-refractivity contribution in [3.05, 3.63) is 89.0 Å². The average Bonchev–Trinajstić information content (AvgIpc) is 3.15. The molecule has 198 valence electrons. The molecule has 0 unspecified atom stereocenters. The van der Waals surface area contributed by atoms with Crippen LogP contribution < -0.4 is 24.4 Å². The van der Waals surface area contributed by atoms with Crippen LogP contribution in [0.4, 0.5) is 0 Å². The molecule has 4 rings (SSSR count). The smallest absolute Gasteiger partial charge is 0.338 e. The Labute approximate surface area is 232 Å². The molecule has 2 aromatic carbocycles. The number of methoxy groups -OCH3 is 1. The Morgan fingerprint density at radius 1 is 1.18 bits per heavy atom. The molecule has 1 aliphatic rings. The van der Waals surface area contributed by atoms with Gasteiger partial charge in [-0.25, -0.2) is 9.79 Å². The fourth-order valence-corrected chi connectivity index (χ4v) is 5.52. The third kappa shape index (κ3) is 5.81. The summed E-state index contributed by atoms with van der Waals surface area (Å²) in [5.74, 6) is -0.388. The molecule has 0 bridgehead atoms. The van der Waals surface area contributed by atoms with Crippen LogP contribution in [0.1, 0.15) is 44.9 Å². The van der Waals surface area contributed by atoms with Gasteiger partial charge in [0.1, 0.15) is 0 Å². The zero-order valence-corrected chi connectivity index (χ0v) is 24.0. The normalized spacial score (nSPS) is 15.2. The van der Waals surface area contributed by atoms with E-state index in [-0.39, 0.29) is 29.4 Å². The molecule has 0 fully saturated rings. The summed E-state index contributed by atoms with van der Waals surface area (Å²) < 4.78 is 19.2. The number of benzene rings is 2. The zero-order valence-electron chi connectivity index (χ0n) is 21.6. The van der Waals surface area contributed by atoms with Gasteiger partial charge in [0.05, 0.1) is 35.6 Å². The van der Waals surface area contributed by atoms with E-state index in [0.29, 0.717) is 26.3 Å². The molecule has 2 heterocycles. The molecule has 0 saturated carbocycles. The van der Waals surface area contributed by atoms with Gasteiger partial charge in [-0.3, -0.25) is 14.2 Å². The average molecular weight is 600 g/mol. The van der Waals surface area contributed by atoms with Crippen LogP contribution in [0, 0.1) is 5.92 Å². The monoisotopic (exact) mass is 598 g/mol. The first-order chi connectivity index (χ1) is 18.1. The van der Waals surface area contributed by atoms with Gasteiger partial charge < -0.3 is 14.2 Å². The first kappa shape index (κ1) is 27.5. The van der Waals surface area contributed by atoms with Gasteiger partial charge in [0, 0.05) is 11.4 Å². The predicted octanol–water partition coefficient (Wildman–Crippen LogP) is 4.13. The van der Waals surface area contributed by atoms with Crippen LogP contribution in [0.15, 0.2) is 68.0 Å². The maximum Gasteiger partial charge on any atom is 0.338 e. The molecule has 1 atom stereocenters. The van der Waals surface area contributed by atoms with Crippen LogP contribution in [0.3, 0.4) is 0 Å². The van der Waals surface area contributed by atoms with E-state index in [4.69, 9.17) is 14.2 Å². The van der Waals surface area contributed by atoms with Gasteiger partial charge in [0.25, 0.3) is 5.56 Å². The lowest BCUT2D eigenvalue weighted by atomic mass is 9.95. The molecule has 1 aromatic heterocycles. The zero-order chi connectivity index (χ0) is 27.6. The van der Waals surface area contributed by atoms with E-state index in [9.17, 15) is 14.4 Å². The Morgan fingerprint density at radius 2 is 1.95 bits per heavy atom. The van der Waals surface area contributed by atoms with Crippen molar-refractivity contribution in [2.24, 2.45) is 10.9 Å². The molecular formula is C28H27BrN2O6S. The second-order valence-corrected chi connectivity index (χ2v) is 11.1. The lowest BCUT2D eigenvalue weighted by molar-refractivity contribution is -0.140. The number of hydrogen-bond donors (Lipinski definition) is 0. The van der Waals surface area contributed by atoms with Gasteiger partial charge in [-0.1, -0.05) is 59.3 Å². The highest BCUT2D eigenvalue weighted by atomic mass is 79.9. The van der Waals surface area contributed by atoms with Gasteiger partial charge in [-0.15, -0.1) is 0 Å². The molecule has 1 aliphatic heterocycles. The van der Waals surface area contributed by atoms with Gasteiger partial charge in [-0.2, -0.15) is 0 Å². The van der Waals surface area contributed by atoms with Crippen LogP contribution in [0.25, 0.3) is 6.08 Å². The van der Waals surface area contributed by atoms with Crippen LogP contribution in [0.2, 0.25) is 0 Å². The highest BCUT2D eigenvalue weighted by Crippen LogP contribution is 2.36. The van der Waals surface area contributed by atoms with E-state index in [0.717, 1.165) is 10.0 Å². The predicted molar refractivity (Wildman–Crippen MR) is 148 cm³/mol. The molecule has 0 saturated heterocycles. The third-order valence-electron chi connectivity index (χ3n) is 5.69. The summed E-state index contributed by atoms with van der Waals surface area (Å²) in [6.07, 6.45) is 1.80. The number of aromatic nitrogens is 1. The van der Waals surface area contributed by atoms with Gasteiger partial charge in [0.15, 0.2) is 16.3 Å². The van der Waals surface area contributed by atoms with Crippen LogP contribution >= 0.6 is 27.3 Å². The molecule has 0 spiro atoms. The van der Waals surface area contributed by atoms with E-state index in [1.54, 1.807) is 31.2 Å². The number of esters is 2. The summed E-state index contributed by atoms with van der Waals surface area (Å²) in [6.45, 7) is 7.15. The maximum atomic E-state index is 13.8.